The first-order valence-corrected chi connectivity index (χ1v) is 11.1. The quantitative estimate of drug-likeness (QED) is 0.376. The number of nitrogen functional groups attached to an aromatic ring is 1. The Hall–Kier alpha value is -4.49. The monoisotopic (exact) mass is 446 g/mol. The fourth-order valence-electron chi connectivity index (χ4n) is 4.55. The first-order valence-electron chi connectivity index (χ1n) is 11.1. The molecule has 0 saturated heterocycles. The van der Waals surface area contributed by atoms with E-state index in [1.807, 2.05) is 60.7 Å². The molecule has 0 amide bonds. The van der Waals surface area contributed by atoms with Gasteiger partial charge in [-0.05, 0) is 23.3 Å². The number of hydrogen-bond acceptors (Lipinski definition) is 5. The molecule has 34 heavy (non-hydrogen) atoms. The summed E-state index contributed by atoms with van der Waals surface area (Å²) in [4.78, 5) is 9.69. The van der Waals surface area contributed by atoms with Gasteiger partial charge in [0.2, 0.25) is 0 Å². The van der Waals surface area contributed by atoms with E-state index in [4.69, 9.17) is 20.8 Å². The maximum absolute atomic E-state index is 9.93. The summed E-state index contributed by atoms with van der Waals surface area (Å²) in [5.74, 6) is 0.544. The number of hydrogen-bond donors (Lipinski definition) is 2. The van der Waals surface area contributed by atoms with E-state index in [1.165, 1.54) is 0 Å². The van der Waals surface area contributed by atoms with Crippen LogP contribution in [0.2, 0.25) is 0 Å². The van der Waals surface area contributed by atoms with E-state index in [9.17, 15) is 5.11 Å². The molecule has 0 fully saturated rings. The highest BCUT2D eigenvalue weighted by atomic mass is 16.3. The van der Waals surface area contributed by atoms with Crippen LogP contribution in [0.25, 0.3) is 50.5 Å². The normalized spacial score (nSPS) is 11.4. The van der Waals surface area contributed by atoms with Crippen LogP contribution < -0.4 is 5.73 Å². The second-order valence-electron chi connectivity index (χ2n) is 8.06. The van der Waals surface area contributed by atoms with Gasteiger partial charge in [-0.2, -0.15) is 0 Å². The molecule has 0 atom stereocenters. The Labute approximate surface area is 195 Å². The summed E-state index contributed by atoms with van der Waals surface area (Å²) < 4.78 is 3.77. The fourth-order valence-corrected chi connectivity index (χ4v) is 4.55. The average Bonchev–Trinajstić information content (AvgIpc) is 3.45. The minimum absolute atomic E-state index is 0.0107. The van der Waals surface area contributed by atoms with Crippen LogP contribution in [0.15, 0.2) is 91.3 Å². The number of nitrogens with two attached hydrogens (primary N) is 1. The molecule has 7 nitrogen and oxygen atoms in total. The number of nitrogens with zero attached hydrogens (tertiary/aromatic N) is 5. The highest BCUT2D eigenvalue weighted by Crippen LogP contribution is 2.42. The third-order valence-electron chi connectivity index (χ3n) is 6.02. The van der Waals surface area contributed by atoms with E-state index >= 15 is 0 Å². The zero-order chi connectivity index (χ0) is 23.1. The molecule has 0 aliphatic carbocycles. The molecular weight excluding hydrogens is 424 g/mol. The first-order chi connectivity index (χ1) is 16.8. The van der Waals surface area contributed by atoms with Gasteiger partial charge in [0.1, 0.15) is 12.0 Å². The van der Waals surface area contributed by atoms with Crippen molar-refractivity contribution in [3.05, 3.63) is 91.3 Å². The number of rotatable bonds is 5. The van der Waals surface area contributed by atoms with Gasteiger partial charge >= 0.3 is 0 Å². The summed E-state index contributed by atoms with van der Waals surface area (Å²) >= 11 is 0. The van der Waals surface area contributed by atoms with Gasteiger partial charge in [-0.1, -0.05) is 72.8 Å². The van der Waals surface area contributed by atoms with Crippen molar-refractivity contribution < 1.29 is 5.11 Å². The Balaban J connectivity index is 1.76. The molecule has 3 N–H and O–H groups in total. The van der Waals surface area contributed by atoms with Crippen LogP contribution in [0.5, 0.6) is 0 Å². The number of benzene rings is 3. The Morgan fingerprint density at radius 2 is 1.47 bits per heavy atom. The number of aromatic nitrogens is 5. The predicted molar refractivity (Wildman–Crippen MR) is 134 cm³/mol. The standard InChI is InChI=1S/C27H22N6O/c28-21-14-8-7-13-20(21)25-30-27-23-22(18-9-3-1-4-10-18)24(19-11-5-2-6-12-19)32(15-16-34)26(23)29-17-33(27)31-25/h1-14,17,34H,15-16,28H2. The van der Waals surface area contributed by atoms with E-state index < -0.39 is 0 Å². The maximum atomic E-state index is 9.93. The SMILES string of the molecule is Nc1ccccc1-c1nc2c3c(-c4ccccc4)c(-c4ccccc4)n(CCO)c3ncn2n1. The number of aliphatic hydroxyl groups excluding tert-OH is 1. The van der Waals surface area contributed by atoms with Crippen molar-refractivity contribution in [1.82, 2.24) is 24.1 Å². The second-order valence-corrected chi connectivity index (χ2v) is 8.06. The first kappa shape index (κ1) is 20.1. The molecule has 0 aliphatic heterocycles. The Kier molecular flexibility index (Phi) is 4.82. The van der Waals surface area contributed by atoms with Crippen LogP contribution in [0, 0.1) is 0 Å². The van der Waals surface area contributed by atoms with Gasteiger partial charge in [0.25, 0.3) is 0 Å². The van der Waals surface area contributed by atoms with Gasteiger partial charge < -0.3 is 15.4 Å². The zero-order valence-corrected chi connectivity index (χ0v) is 18.3. The molecule has 6 rings (SSSR count). The van der Waals surface area contributed by atoms with Crippen molar-refractivity contribution in [1.29, 1.82) is 0 Å². The lowest BCUT2D eigenvalue weighted by molar-refractivity contribution is 0.278. The number of anilines is 1. The molecule has 0 bridgehead atoms. The Morgan fingerprint density at radius 1 is 0.794 bits per heavy atom. The number of para-hydroxylation sites is 1. The van der Waals surface area contributed by atoms with E-state index in [0.717, 1.165) is 39.0 Å². The molecule has 3 aromatic carbocycles. The van der Waals surface area contributed by atoms with Crippen molar-refractivity contribution >= 4 is 22.4 Å². The minimum atomic E-state index is -0.0107. The molecule has 0 aliphatic rings. The number of aliphatic hydroxyl groups is 1. The zero-order valence-electron chi connectivity index (χ0n) is 18.3. The van der Waals surface area contributed by atoms with Crippen LogP contribution in [-0.2, 0) is 6.54 Å². The van der Waals surface area contributed by atoms with Crippen LogP contribution in [-0.4, -0.2) is 35.9 Å². The average molecular weight is 447 g/mol. The highest BCUT2D eigenvalue weighted by Gasteiger charge is 2.24. The van der Waals surface area contributed by atoms with E-state index in [2.05, 4.69) is 28.8 Å². The summed E-state index contributed by atoms with van der Waals surface area (Å²) in [6.45, 7) is 0.395. The summed E-state index contributed by atoms with van der Waals surface area (Å²) in [6.07, 6.45) is 1.67. The molecule has 7 heteroatoms. The third-order valence-corrected chi connectivity index (χ3v) is 6.02. The lowest BCUT2D eigenvalue weighted by Crippen LogP contribution is -2.05. The van der Waals surface area contributed by atoms with Crippen LogP contribution in [0.3, 0.4) is 0 Å². The number of fused-ring (bicyclic) bond motifs is 3. The van der Waals surface area contributed by atoms with Crippen molar-refractivity contribution in [2.24, 2.45) is 0 Å². The summed E-state index contributed by atoms with van der Waals surface area (Å²) in [6, 6.07) is 28.0. The van der Waals surface area contributed by atoms with E-state index in [-0.39, 0.29) is 6.61 Å². The smallest absolute Gasteiger partial charge is 0.184 e. The fraction of sp³-hybridized carbons (Fsp3) is 0.0741. The molecule has 3 aromatic heterocycles. The summed E-state index contributed by atoms with van der Waals surface area (Å²) in [5.41, 5.74) is 13.1. The molecule has 3 heterocycles. The van der Waals surface area contributed by atoms with E-state index in [1.54, 1.807) is 10.8 Å². The molecule has 166 valence electrons. The Morgan fingerprint density at radius 3 is 2.18 bits per heavy atom. The molecule has 6 aromatic rings. The van der Waals surface area contributed by atoms with Crippen molar-refractivity contribution in [2.75, 3.05) is 12.3 Å². The van der Waals surface area contributed by atoms with Crippen LogP contribution in [0.1, 0.15) is 0 Å². The molecule has 0 spiro atoms. The molecule has 0 radical (unpaired) electrons. The van der Waals surface area contributed by atoms with Crippen LogP contribution >= 0.6 is 0 Å². The summed E-state index contributed by atoms with van der Waals surface area (Å²) in [5, 5.41) is 15.5. The van der Waals surface area contributed by atoms with Crippen molar-refractivity contribution in [3.8, 4) is 33.8 Å². The third kappa shape index (κ3) is 3.14. The van der Waals surface area contributed by atoms with Gasteiger partial charge in [0.05, 0.1) is 17.7 Å². The topological polar surface area (TPSA) is 94.3 Å². The lowest BCUT2D eigenvalue weighted by Gasteiger charge is -2.11. The summed E-state index contributed by atoms with van der Waals surface area (Å²) in [7, 11) is 0. The van der Waals surface area contributed by atoms with Gasteiger partial charge in [-0.15, -0.1) is 5.10 Å². The van der Waals surface area contributed by atoms with Crippen molar-refractivity contribution in [3.63, 3.8) is 0 Å². The van der Waals surface area contributed by atoms with Crippen molar-refractivity contribution in [2.45, 2.75) is 6.54 Å². The minimum Gasteiger partial charge on any atom is -0.398 e. The molecule has 0 unspecified atom stereocenters. The lowest BCUT2D eigenvalue weighted by atomic mass is 9.99. The second kappa shape index (κ2) is 8.13. The predicted octanol–water partition coefficient (Wildman–Crippen LogP) is 4.65. The van der Waals surface area contributed by atoms with E-state index in [0.29, 0.717) is 23.7 Å². The Bertz CT molecular complexity index is 1620. The maximum Gasteiger partial charge on any atom is 0.184 e. The van der Waals surface area contributed by atoms with Crippen LogP contribution in [0.4, 0.5) is 5.69 Å². The van der Waals surface area contributed by atoms with Gasteiger partial charge in [-0.3, -0.25) is 0 Å². The van der Waals surface area contributed by atoms with Gasteiger partial charge in [0, 0.05) is 23.4 Å². The highest BCUT2D eigenvalue weighted by molar-refractivity contribution is 6.09. The van der Waals surface area contributed by atoms with Gasteiger partial charge in [-0.25, -0.2) is 14.5 Å². The molecule has 0 saturated carbocycles. The molecular formula is C27H22N6O. The van der Waals surface area contributed by atoms with Gasteiger partial charge in [0.15, 0.2) is 11.5 Å². The largest absolute Gasteiger partial charge is 0.398 e.